The quantitative estimate of drug-likeness (QED) is 0.719. The minimum absolute atomic E-state index is 0.0462. The van der Waals surface area contributed by atoms with Crippen LogP contribution in [0, 0.1) is 0 Å². The van der Waals surface area contributed by atoms with Gasteiger partial charge in [0.2, 0.25) is 11.8 Å². The summed E-state index contributed by atoms with van der Waals surface area (Å²) in [5.74, 6) is 1.35. The van der Waals surface area contributed by atoms with E-state index in [9.17, 15) is 9.59 Å². The standard InChI is InChI=1S/C22H35N3O4/c1-6-28-18-9-7-8-10-19(18)29-17-11-13-25(14-12-17)16-21(27)24(5)15-20(26)23-22(2,3)4/h7-10,17H,6,11-16H2,1-5H3,(H,23,26). The fourth-order valence-corrected chi connectivity index (χ4v) is 3.26. The van der Waals surface area contributed by atoms with Crippen molar-refractivity contribution in [2.75, 3.05) is 39.8 Å². The molecule has 0 aliphatic carbocycles. The summed E-state index contributed by atoms with van der Waals surface area (Å²) in [7, 11) is 1.67. The van der Waals surface area contributed by atoms with Crippen LogP contribution < -0.4 is 14.8 Å². The second-order valence-corrected chi connectivity index (χ2v) is 8.52. The van der Waals surface area contributed by atoms with Crippen molar-refractivity contribution in [2.24, 2.45) is 0 Å². The Labute approximate surface area is 174 Å². The molecule has 0 spiro atoms. The molecule has 0 radical (unpaired) electrons. The molecule has 1 aliphatic heterocycles. The number of hydrogen-bond acceptors (Lipinski definition) is 5. The summed E-state index contributed by atoms with van der Waals surface area (Å²) in [6, 6.07) is 7.72. The summed E-state index contributed by atoms with van der Waals surface area (Å²) in [5.41, 5.74) is -0.302. The van der Waals surface area contributed by atoms with Gasteiger partial charge >= 0.3 is 0 Å². The minimum Gasteiger partial charge on any atom is -0.490 e. The van der Waals surface area contributed by atoms with E-state index in [-0.39, 0.29) is 30.0 Å². The molecule has 0 bridgehead atoms. The monoisotopic (exact) mass is 405 g/mol. The smallest absolute Gasteiger partial charge is 0.240 e. The molecule has 1 heterocycles. The molecule has 0 unspecified atom stereocenters. The lowest BCUT2D eigenvalue weighted by Crippen LogP contribution is -2.49. The van der Waals surface area contributed by atoms with Crippen LogP contribution in [-0.2, 0) is 9.59 Å². The van der Waals surface area contributed by atoms with Gasteiger partial charge in [-0.25, -0.2) is 0 Å². The van der Waals surface area contributed by atoms with Crippen molar-refractivity contribution in [3.63, 3.8) is 0 Å². The Morgan fingerprint density at radius 1 is 1.17 bits per heavy atom. The van der Waals surface area contributed by atoms with Gasteiger partial charge in [-0.1, -0.05) is 12.1 Å². The average Bonchev–Trinajstić information content (AvgIpc) is 2.63. The van der Waals surface area contributed by atoms with E-state index in [1.807, 2.05) is 52.0 Å². The van der Waals surface area contributed by atoms with Crippen molar-refractivity contribution in [3.05, 3.63) is 24.3 Å². The highest BCUT2D eigenvalue weighted by molar-refractivity contribution is 5.85. The van der Waals surface area contributed by atoms with Gasteiger partial charge in [-0.3, -0.25) is 14.5 Å². The Balaban J connectivity index is 1.76. The zero-order valence-corrected chi connectivity index (χ0v) is 18.4. The maximum Gasteiger partial charge on any atom is 0.240 e. The molecule has 1 aromatic carbocycles. The molecule has 0 atom stereocenters. The highest BCUT2D eigenvalue weighted by Gasteiger charge is 2.25. The fourth-order valence-electron chi connectivity index (χ4n) is 3.26. The number of likely N-dealkylation sites (N-methyl/N-ethyl adjacent to an activating group) is 1. The highest BCUT2D eigenvalue weighted by atomic mass is 16.5. The lowest BCUT2D eigenvalue weighted by molar-refractivity contribution is -0.136. The molecule has 0 aromatic heterocycles. The lowest BCUT2D eigenvalue weighted by Gasteiger charge is -2.33. The van der Waals surface area contributed by atoms with Crippen molar-refractivity contribution >= 4 is 11.8 Å². The highest BCUT2D eigenvalue weighted by Crippen LogP contribution is 2.29. The van der Waals surface area contributed by atoms with Crippen LogP contribution in [-0.4, -0.2) is 73.1 Å². The summed E-state index contributed by atoms with van der Waals surface area (Å²) in [6.07, 6.45) is 1.81. The number of piperidine rings is 1. The van der Waals surface area contributed by atoms with Gasteiger partial charge in [0.15, 0.2) is 11.5 Å². The van der Waals surface area contributed by atoms with E-state index < -0.39 is 0 Å². The molecule has 0 saturated carbocycles. The van der Waals surface area contributed by atoms with Gasteiger partial charge in [-0.05, 0) is 52.7 Å². The Morgan fingerprint density at radius 3 is 2.38 bits per heavy atom. The van der Waals surface area contributed by atoms with E-state index in [2.05, 4.69) is 10.2 Å². The molecular weight excluding hydrogens is 370 g/mol. The van der Waals surface area contributed by atoms with Gasteiger partial charge < -0.3 is 19.7 Å². The van der Waals surface area contributed by atoms with Crippen LogP contribution in [0.4, 0.5) is 0 Å². The van der Waals surface area contributed by atoms with Gasteiger partial charge in [0, 0.05) is 25.7 Å². The van der Waals surface area contributed by atoms with E-state index >= 15 is 0 Å². The number of benzene rings is 1. The predicted molar refractivity (Wildman–Crippen MR) is 113 cm³/mol. The first kappa shape index (κ1) is 23.0. The number of ether oxygens (including phenoxy) is 2. The van der Waals surface area contributed by atoms with E-state index in [0.29, 0.717) is 13.2 Å². The van der Waals surface area contributed by atoms with Crippen molar-refractivity contribution in [1.29, 1.82) is 0 Å². The largest absolute Gasteiger partial charge is 0.490 e. The molecule has 1 aliphatic rings. The second-order valence-electron chi connectivity index (χ2n) is 8.52. The number of hydrogen-bond donors (Lipinski definition) is 1. The molecule has 1 aromatic rings. The van der Waals surface area contributed by atoms with Gasteiger partial charge in [0.05, 0.1) is 19.7 Å². The lowest BCUT2D eigenvalue weighted by atomic mass is 10.1. The van der Waals surface area contributed by atoms with Gasteiger partial charge in [-0.15, -0.1) is 0 Å². The maximum absolute atomic E-state index is 12.5. The third-order valence-corrected chi connectivity index (χ3v) is 4.66. The summed E-state index contributed by atoms with van der Waals surface area (Å²) < 4.78 is 11.8. The molecule has 1 N–H and O–H groups in total. The molecule has 7 heteroatoms. The van der Waals surface area contributed by atoms with E-state index in [1.54, 1.807) is 7.05 Å². The summed E-state index contributed by atoms with van der Waals surface area (Å²) >= 11 is 0. The van der Waals surface area contributed by atoms with Gasteiger partial charge in [0.1, 0.15) is 6.10 Å². The number of nitrogens with zero attached hydrogens (tertiary/aromatic N) is 2. The van der Waals surface area contributed by atoms with Crippen LogP contribution in [0.1, 0.15) is 40.5 Å². The predicted octanol–water partition coefficient (Wildman–Crippen LogP) is 2.30. The number of amides is 2. The van der Waals surface area contributed by atoms with E-state index in [4.69, 9.17) is 9.47 Å². The molecule has 2 amide bonds. The van der Waals surface area contributed by atoms with E-state index in [0.717, 1.165) is 37.4 Å². The Kier molecular flexibility index (Phi) is 8.32. The number of carbonyl (C=O) groups excluding carboxylic acids is 2. The topological polar surface area (TPSA) is 71.1 Å². The zero-order valence-electron chi connectivity index (χ0n) is 18.4. The third kappa shape index (κ3) is 7.93. The van der Waals surface area contributed by atoms with Crippen molar-refractivity contribution < 1.29 is 19.1 Å². The molecule has 2 rings (SSSR count). The molecule has 1 fully saturated rings. The van der Waals surface area contributed by atoms with Crippen LogP contribution in [0.25, 0.3) is 0 Å². The SMILES string of the molecule is CCOc1ccccc1OC1CCN(CC(=O)N(C)CC(=O)NC(C)(C)C)CC1. The summed E-state index contributed by atoms with van der Waals surface area (Å²) in [5, 5.41) is 2.88. The van der Waals surface area contributed by atoms with Gasteiger partial charge in [-0.2, -0.15) is 0 Å². The van der Waals surface area contributed by atoms with Crippen LogP contribution in [0.15, 0.2) is 24.3 Å². The molecular formula is C22H35N3O4. The van der Waals surface area contributed by atoms with Crippen LogP contribution in [0.5, 0.6) is 11.5 Å². The number of nitrogens with one attached hydrogen (secondary N) is 1. The fraction of sp³-hybridized carbons (Fsp3) is 0.636. The molecule has 7 nitrogen and oxygen atoms in total. The first-order chi connectivity index (χ1) is 13.7. The second kappa shape index (κ2) is 10.5. The minimum atomic E-state index is -0.302. The average molecular weight is 406 g/mol. The normalized spacial score (nSPS) is 15.6. The van der Waals surface area contributed by atoms with Gasteiger partial charge in [0.25, 0.3) is 0 Å². The van der Waals surface area contributed by atoms with E-state index in [1.165, 1.54) is 4.90 Å². The van der Waals surface area contributed by atoms with Crippen LogP contribution in [0.3, 0.4) is 0 Å². The number of para-hydroxylation sites is 2. The first-order valence-corrected chi connectivity index (χ1v) is 10.3. The Bertz CT molecular complexity index is 679. The first-order valence-electron chi connectivity index (χ1n) is 10.3. The number of rotatable bonds is 8. The van der Waals surface area contributed by atoms with Crippen molar-refractivity contribution in [1.82, 2.24) is 15.1 Å². The maximum atomic E-state index is 12.5. The van der Waals surface area contributed by atoms with Crippen molar-refractivity contribution in [3.8, 4) is 11.5 Å². The number of likely N-dealkylation sites (tertiary alicyclic amines) is 1. The molecule has 162 valence electrons. The number of carbonyl (C=O) groups is 2. The Morgan fingerprint density at radius 2 is 1.79 bits per heavy atom. The summed E-state index contributed by atoms with van der Waals surface area (Å²) in [4.78, 5) is 28.1. The molecule has 1 saturated heterocycles. The summed E-state index contributed by atoms with van der Waals surface area (Å²) in [6.45, 7) is 10.3. The van der Waals surface area contributed by atoms with Crippen LogP contribution >= 0.6 is 0 Å². The van der Waals surface area contributed by atoms with Crippen LogP contribution in [0.2, 0.25) is 0 Å². The Hall–Kier alpha value is -2.28. The molecule has 29 heavy (non-hydrogen) atoms. The third-order valence-electron chi connectivity index (χ3n) is 4.66. The zero-order chi connectivity index (χ0) is 21.4. The van der Waals surface area contributed by atoms with Crippen molar-refractivity contribution in [2.45, 2.75) is 52.2 Å².